The van der Waals surface area contributed by atoms with Gasteiger partial charge in [-0.05, 0) is 48.4 Å². The number of carbonyl (C=O) groups excluding carboxylic acids is 1. The van der Waals surface area contributed by atoms with E-state index in [1.807, 2.05) is 31.2 Å². The third-order valence-electron chi connectivity index (χ3n) is 5.82. The summed E-state index contributed by atoms with van der Waals surface area (Å²) < 4.78 is 5.90. The third kappa shape index (κ3) is 3.56. The minimum Gasteiger partial charge on any atom is -0.450 e. The summed E-state index contributed by atoms with van der Waals surface area (Å²) in [6, 6.07) is 17.5. The Bertz CT molecular complexity index is 1480. The van der Waals surface area contributed by atoms with E-state index in [2.05, 4.69) is 0 Å². The zero-order valence-corrected chi connectivity index (χ0v) is 18.2. The summed E-state index contributed by atoms with van der Waals surface area (Å²) >= 11 is 6.10. The molecular formula is C25H17ClN2O5. The molecule has 7 nitrogen and oxygen atoms in total. The second-order valence-corrected chi connectivity index (χ2v) is 8.42. The molecule has 0 unspecified atom stereocenters. The maximum atomic E-state index is 13.5. The summed E-state index contributed by atoms with van der Waals surface area (Å²) in [5.41, 5.74) is 2.60. The topological polar surface area (TPSA) is 93.7 Å². The summed E-state index contributed by atoms with van der Waals surface area (Å²) in [5, 5.41) is 11.8. The Hall–Kier alpha value is -3.97. The quantitative estimate of drug-likeness (QED) is 0.300. The SMILES string of the molecule is Cc1ccc(CN2C(=O)c3oc4ccc(Cl)cc4c(=O)c3[C@H]2c2ccc([N+](=O)[O-])cc2)cc1. The molecule has 1 aromatic heterocycles. The number of nitro groups is 1. The first-order valence-corrected chi connectivity index (χ1v) is 10.6. The molecule has 1 aliphatic heterocycles. The molecule has 1 amide bonds. The van der Waals surface area contributed by atoms with Gasteiger partial charge >= 0.3 is 0 Å². The van der Waals surface area contributed by atoms with E-state index >= 15 is 0 Å². The van der Waals surface area contributed by atoms with Crippen LogP contribution >= 0.6 is 11.6 Å². The summed E-state index contributed by atoms with van der Waals surface area (Å²) in [5.74, 6) is -0.437. The Morgan fingerprint density at radius 3 is 2.39 bits per heavy atom. The maximum Gasteiger partial charge on any atom is 0.291 e. The molecule has 3 aromatic carbocycles. The second kappa shape index (κ2) is 7.86. The summed E-state index contributed by atoms with van der Waals surface area (Å²) in [7, 11) is 0. The van der Waals surface area contributed by atoms with E-state index in [0.29, 0.717) is 10.6 Å². The Kier molecular flexibility index (Phi) is 4.98. The van der Waals surface area contributed by atoms with E-state index in [9.17, 15) is 19.7 Å². The number of rotatable bonds is 4. The van der Waals surface area contributed by atoms with Crippen molar-refractivity contribution in [2.24, 2.45) is 0 Å². The number of halogens is 1. The fraction of sp³-hybridized carbons (Fsp3) is 0.120. The van der Waals surface area contributed by atoms with Crippen LogP contribution in [0.25, 0.3) is 11.0 Å². The van der Waals surface area contributed by atoms with Crippen LogP contribution in [-0.2, 0) is 6.54 Å². The second-order valence-electron chi connectivity index (χ2n) is 7.98. The summed E-state index contributed by atoms with van der Waals surface area (Å²) in [6.45, 7) is 2.21. The van der Waals surface area contributed by atoms with E-state index in [0.717, 1.165) is 11.1 Å². The molecule has 0 bridgehead atoms. The molecule has 0 radical (unpaired) electrons. The molecule has 5 rings (SSSR count). The summed E-state index contributed by atoms with van der Waals surface area (Å²) in [6.07, 6.45) is 0. The molecule has 2 heterocycles. The van der Waals surface area contributed by atoms with Gasteiger partial charge in [-0.25, -0.2) is 0 Å². The molecule has 164 valence electrons. The average molecular weight is 461 g/mol. The van der Waals surface area contributed by atoms with Crippen LogP contribution in [0.5, 0.6) is 0 Å². The zero-order valence-electron chi connectivity index (χ0n) is 17.4. The smallest absolute Gasteiger partial charge is 0.291 e. The molecule has 0 fully saturated rings. The number of hydrogen-bond donors (Lipinski definition) is 0. The maximum absolute atomic E-state index is 13.5. The van der Waals surface area contributed by atoms with Gasteiger partial charge in [0.05, 0.1) is 21.9 Å². The lowest BCUT2D eigenvalue weighted by molar-refractivity contribution is -0.384. The summed E-state index contributed by atoms with van der Waals surface area (Å²) in [4.78, 5) is 39.1. The number of aryl methyl sites for hydroxylation is 1. The standard InChI is InChI=1S/C25H17ClN2O5/c1-14-2-4-15(5-3-14)13-27-22(16-6-9-18(10-7-16)28(31)32)21-23(29)19-12-17(26)8-11-20(19)33-24(21)25(27)30/h2-12,22H,13H2,1H3/t22-/m1/s1. The third-order valence-corrected chi connectivity index (χ3v) is 6.06. The van der Waals surface area contributed by atoms with Gasteiger partial charge in [0.15, 0.2) is 5.43 Å². The van der Waals surface area contributed by atoms with E-state index in [4.69, 9.17) is 16.0 Å². The van der Waals surface area contributed by atoms with Crippen molar-refractivity contribution in [2.75, 3.05) is 0 Å². The van der Waals surface area contributed by atoms with Gasteiger partial charge in [0, 0.05) is 23.7 Å². The van der Waals surface area contributed by atoms with Crippen molar-refractivity contribution in [2.45, 2.75) is 19.5 Å². The van der Waals surface area contributed by atoms with Crippen molar-refractivity contribution in [1.29, 1.82) is 0 Å². The molecule has 0 saturated carbocycles. The minimum atomic E-state index is -0.755. The lowest BCUT2D eigenvalue weighted by Crippen LogP contribution is -2.29. The van der Waals surface area contributed by atoms with Crippen molar-refractivity contribution in [1.82, 2.24) is 4.90 Å². The Labute approximate surface area is 193 Å². The van der Waals surface area contributed by atoms with Crippen LogP contribution in [0, 0.1) is 17.0 Å². The molecule has 0 N–H and O–H groups in total. The highest BCUT2D eigenvalue weighted by Gasteiger charge is 2.42. The van der Waals surface area contributed by atoms with Gasteiger partial charge in [-0.2, -0.15) is 0 Å². The molecule has 1 aliphatic rings. The van der Waals surface area contributed by atoms with Gasteiger partial charge in [0.2, 0.25) is 5.76 Å². The molecule has 0 saturated heterocycles. The average Bonchev–Trinajstić information content (AvgIpc) is 3.08. The zero-order chi connectivity index (χ0) is 23.3. The minimum absolute atomic E-state index is 0.0229. The van der Waals surface area contributed by atoms with Gasteiger partial charge in [0.25, 0.3) is 11.6 Å². The molecule has 8 heteroatoms. The van der Waals surface area contributed by atoms with Crippen LogP contribution < -0.4 is 5.43 Å². The molecule has 33 heavy (non-hydrogen) atoms. The molecule has 4 aromatic rings. The first-order valence-electron chi connectivity index (χ1n) is 10.2. The number of hydrogen-bond acceptors (Lipinski definition) is 5. The van der Waals surface area contributed by atoms with E-state index in [1.54, 1.807) is 29.2 Å². The molecular weight excluding hydrogens is 444 g/mol. The largest absolute Gasteiger partial charge is 0.450 e. The lowest BCUT2D eigenvalue weighted by Gasteiger charge is -2.25. The number of amides is 1. The van der Waals surface area contributed by atoms with E-state index in [-0.39, 0.29) is 40.0 Å². The predicted molar refractivity (Wildman–Crippen MR) is 123 cm³/mol. The monoisotopic (exact) mass is 460 g/mol. The lowest BCUT2D eigenvalue weighted by atomic mass is 9.98. The van der Waals surface area contributed by atoms with E-state index < -0.39 is 16.9 Å². The Morgan fingerprint density at radius 1 is 1.03 bits per heavy atom. The molecule has 0 spiro atoms. The Morgan fingerprint density at radius 2 is 1.73 bits per heavy atom. The number of benzene rings is 3. The van der Waals surface area contributed by atoms with Gasteiger partial charge in [-0.1, -0.05) is 41.4 Å². The van der Waals surface area contributed by atoms with Crippen LogP contribution in [0.1, 0.15) is 38.9 Å². The van der Waals surface area contributed by atoms with Crippen LogP contribution in [0.4, 0.5) is 5.69 Å². The number of nitrogens with zero attached hydrogens (tertiary/aromatic N) is 2. The molecule has 1 atom stereocenters. The number of nitro benzene ring substituents is 1. The normalized spacial score (nSPS) is 15.2. The first kappa shape index (κ1) is 20.9. The predicted octanol–water partition coefficient (Wildman–Crippen LogP) is 5.41. The van der Waals surface area contributed by atoms with Crippen molar-refractivity contribution in [3.05, 3.63) is 120 Å². The Balaban J connectivity index is 1.70. The highest BCUT2D eigenvalue weighted by molar-refractivity contribution is 6.31. The first-order chi connectivity index (χ1) is 15.8. The van der Waals surface area contributed by atoms with Crippen molar-refractivity contribution in [3.63, 3.8) is 0 Å². The van der Waals surface area contributed by atoms with Gasteiger partial charge in [-0.3, -0.25) is 19.7 Å². The van der Waals surface area contributed by atoms with Crippen LogP contribution in [0.2, 0.25) is 5.02 Å². The van der Waals surface area contributed by atoms with E-state index in [1.165, 1.54) is 18.2 Å². The van der Waals surface area contributed by atoms with Gasteiger partial charge in [-0.15, -0.1) is 0 Å². The highest BCUT2D eigenvalue weighted by Crippen LogP contribution is 2.39. The molecule has 0 aliphatic carbocycles. The number of fused-ring (bicyclic) bond motifs is 2. The van der Waals surface area contributed by atoms with Crippen LogP contribution in [-0.4, -0.2) is 15.7 Å². The van der Waals surface area contributed by atoms with Gasteiger partial charge in [0.1, 0.15) is 5.58 Å². The van der Waals surface area contributed by atoms with Gasteiger partial charge < -0.3 is 9.32 Å². The number of carbonyl (C=O) groups is 1. The fourth-order valence-corrected chi connectivity index (χ4v) is 4.34. The van der Waals surface area contributed by atoms with Crippen molar-refractivity contribution < 1.29 is 14.1 Å². The fourth-order valence-electron chi connectivity index (χ4n) is 4.17. The van der Waals surface area contributed by atoms with Crippen LogP contribution in [0.3, 0.4) is 0 Å². The van der Waals surface area contributed by atoms with Crippen molar-refractivity contribution in [3.8, 4) is 0 Å². The highest BCUT2D eigenvalue weighted by atomic mass is 35.5. The number of non-ortho nitro benzene ring substituents is 1. The van der Waals surface area contributed by atoms with Crippen LogP contribution in [0.15, 0.2) is 75.9 Å². The van der Waals surface area contributed by atoms with Crippen molar-refractivity contribution >= 4 is 34.2 Å².